The van der Waals surface area contributed by atoms with Crippen LogP contribution in [-0.4, -0.2) is 36.4 Å². The van der Waals surface area contributed by atoms with Crippen molar-refractivity contribution in [2.45, 2.75) is 150 Å². The fraction of sp³-hybridized carbons (Fsp3) is 0.931. The second-order valence-electron chi connectivity index (χ2n) is 10.7. The van der Waals surface area contributed by atoms with Gasteiger partial charge in [-0.3, -0.25) is 0 Å². The Morgan fingerprint density at radius 3 is 1.12 bits per heavy atom. The molecule has 0 saturated carbocycles. The Hall–Kier alpha value is -0.430. The first kappa shape index (κ1) is 32.6. The number of hydrogen-bond acceptors (Lipinski definition) is 3. The molecule has 0 aromatic rings. The van der Waals surface area contributed by atoms with Crippen LogP contribution < -0.4 is 0 Å². The van der Waals surface area contributed by atoms with Crippen LogP contribution in [0, 0.1) is 0 Å². The Balaban J connectivity index is 5.91. The van der Waals surface area contributed by atoms with Gasteiger partial charge in [0.15, 0.2) is 0 Å². The third-order valence-corrected chi connectivity index (χ3v) is 13.9. The van der Waals surface area contributed by atoms with E-state index in [-0.39, 0.29) is 18.2 Å². The molecule has 0 amide bonds. The van der Waals surface area contributed by atoms with Crippen LogP contribution in [0.25, 0.3) is 0 Å². The van der Waals surface area contributed by atoms with E-state index in [9.17, 15) is 9.59 Å². The summed E-state index contributed by atoms with van der Waals surface area (Å²) < 4.78 is 6.84. The Kier molecular flexibility index (Phi) is 19.6. The standard InChI is InChI=1S/C29H59O3P/c1-6-10-14-18-24-33(25-19-15-11-7-2,26-20-16-12-8-3,27-21-17-13-9-4)32-29(31)23-22-28(5)30/h6-27H2,1-5H3. The van der Waals surface area contributed by atoms with Gasteiger partial charge in [-0.1, -0.05) is 0 Å². The van der Waals surface area contributed by atoms with Gasteiger partial charge in [0.2, 0.25) is 0 Å². The Labute approximate surface area is 207 Å². The van der Waals surface area contributed by atoms with E-state index in [2.05, 4.69) is 27.7 Å². The number of carbonyl (C=O) groups excluding carboxylic acids is 2. The number of ketones is 1. The minimum absolute atomic E-state index is 0.0835. The van der Waals surface area contributed by atoms with Crippen molar-refractivity contribution in [2.75, 3.05) is 24.6 Å². The van der Waals surface area contributed by atoms with Crippen molar-refractivity contribution < 1.29 is 14.1 Å². The third-order valence-electron chi connectivity index (χ3n) is 7.35. The van der Waals surface area contributed by atoms with Crippen LogP contribution in [-0.2, 0) is 14.1 Å². The normalized spacial score (nSPS) is 12.9. The zero-order valence-corrected chi connectivity index (χ0v) is 24.1. The fourth-order valence-corrected chi connectivity index (χ4v) is 11.7. The maximum absolute atomic E-state index is 13.2. The molecule has 0 N–H and O–H groups in total. The van der Waals surface area contributed by atoms with Gasteiger partial charge in [-0.15, -0.1) is 0 Å². The first-order chi connectivity index (χ1) is 15.9. The van der Waals surface area contributed by atoms with E-state index in [1.54, 1.807) is 6.92 Å². The van der Waals surface area contributed by atoms with Crippen molar-refractivity contribution in [3.05, 3.63) is 0 Å². The fourth-order valence-electron chi connectivity index (χ4n) is 5.22. The van der Waals surface area contributed by atoms with Crippen LogP contribution in [0.15, 0.2) is 0 Å². The first-order valence-corrected chi connectivity index (χ1v) is 17.5. The predicted octanol–water partition coefficient (Wildman–Crippen LogP) is 9.69. The molecule has 3 nitrogen and oxygen atoms in total. The van der Waals surface area contributed by atoms with Crippen molar-refractivity contribution in [1.82, 2.24) is 0 Å². The van der Waals surface area contributed by atoms with Gasteiger partial charge >= 0.3 is 208 Å². The summed E-state index contributed by atoms with van der Waals surface area (Å²) in [5, 5.41) is 0. The third kappa shape index (κ3) is 15.2. The minimum atomic E-state index is -2.65. The number of unbranched alkanes of at least 4 members (excludes halogenated alkanes) is 12. The van der Waals surface area contributed by atoms with Crippen LogP contribution in [0.3, 0.4) is 0 Å². The van der Waals surface area contributed by atoms with E-state index in [1.807, 2.05) is 0 Å². The van der Waals surface area contributed by atoms with Crippen LogP contribution in [0.5, 0.6) is 0 Å². The second-order valence-corrected chi connectivity index (χ2v) is 16.3. The molecule has 0 aromatic carbocycles. The van der Waals surface area contributed by atoms with Crippen LogP contribution in [0.2, 0.25) is 0 Å². The molecule has 0 unspecified atom stereocenters. The van der Waals surface area contributed by atoms with E-state index in [1.165, 1.54) is 103 Å². The molecule has 0 aliphatic heterocycles. The quantitative estimate of drug-likeness (QED) is 0.101. The molecule has 198 valence electrons. The van der Waals surface area contributed by atoms with Crippen molar-refractivity contribution in [3.8, 4) is 0 Å². The van der Waals surface area contributed by atoms with Crippen LogP contribution in [0.1, 0.15) is 150 Å². The number of hydrogen-bond donors (Lipinski definition) is 0. The molecule has 0 rings (SSSR count). The summed E-state index contributed by atoms with van der Waals surface area (Å²) in [5.74, 6) is 0.00360. The molecule has 0 atom stereocenters. The van der Waals surface area contributed by atoms with Gasteiger partial charge in [0.25, 0.3) is 0 Å². The molecule has 4 heteroatoms. The van der Waals surface area contributed by atoms with Gasteiger partial charge in [0, 0.05) is 0 Å². The van der Waals surface area contributed by atoms with Gasteiger partial charge in [0.05, 0.1) is 0 Å². The zero-order valence-electron chi connectivity index (χ0n) is 23.2. The molecule has 0 aromatic heterocycles. The summed E-state index contributed by atoms with van der Waals surface area (Å²) in [4.78, 5) is 24.8. The molecule has 0 saturated heterocycles. The van der Waals surface area contributed by atoms with Crippen LogP contribution >= 0.6 is 6.83 Å². The molecule has 0 aliphatic carbocycles. The van der Waals surface area contributed by atoms with Crippen molar-refractivity contribution >= 4 is 18.6 Å². The second kappa shape index (κ2) is 19.8. The van der Waals surface area contributed by atoms with Gasteiger partial charge in [-0.05, 0) is 0 Å². The number of carbonyl (C=O) groups is 2. The maximum atomic E-state index is 13.2. The summed E-state index contributed by atoms with van der Waals surface area (Å²) >= 11 is 0. The summed E-state index contributed by atoms with van der Waals surface area (Å²) in [7, 11) is 0. The summed E-state index contributed by atoms with van der Waals surface area (Å²) in [6.45, 7) is 8.00. The van der Waals surface area contributed by atoms with E-state index in [0.29, 0.717) is 6.42 Å². The molecule has 0 heterocycles. The van der Waals surface area contributed by atoms with E-state index in [0.717, 1.165) is 24.6 Å². The molecule has 0 aliphatic rings. The van der Waals surface area contributed by atoms with Gasteiger partial charge in [-0.25, -0.2) is 0 Å². The Bertz CT molecular complexity index is 444. The Morgan fingerprint density at radius 1 is 0.515 bits per heavy atom. The Morgan fingerprint density at radius 2 is 0.848 bits per heavy atom. The molecular weight excluding hydrogens is 427 g/mol. The average Bonchev–Trinajstić information content (AvgIpc) is 2.79. The summed E-state index contributed by atoms with van der Waals surface area (Å²) in [6.07, 6.45) is 24.9. The summed E-state index contributed by atoms with van der Waals surface area (Å²) in [5.41, 5.74) is 0. The van der Waals surface area contributed by atoms with E-state index in [4.69, 9.17) is 4.52 Å². The van der Waals surface area contributed by atoms with Crippen molar-refractivity contribution in [1.29, 1.82) is 0 Å². The van der Waals surface area contributed by atoms with Crippen molar-refractivity contribution in [2.24, 2.45) is 0 Å². The zero-order chi connectivity index (χ0) is 24.9. The number of Topliss-reactive ketones (excluding diaryl/α,β-unsaturated/α-hetero) is 1. The molecule has 0 fully saturated rings. The van der Waals surface area contributed by atoms with Crippen LogP contribution in [0.4, 0.5) is 0 Å². The predicted molar refractivity (Wildman–Crippen MR) is 149 cm³/mol. The first-order valence-electron chi connectivity index (χ1n) is 14.6. The topological polar surface area (TPSA) is 43.4 Å². The van der Waals surface area contributed by atoms with Gasteiger partial charge in [0.1, 0.15) is 0 Å². The average molecular weight is 487 g/mol. The molecule has 0 radical (unpaired) electrons. The summed E-state index contributed by atoms with van der Waals surface area (Å²) in [6, 6.07) is 0. The number of rotatable bonds is 24. The molecule has 0 bridgehead atoms. The van der Waals surface area contributed by atoms with E-state index < -0.39 is 6.83 Å². The van der Waals surface area contributed by atoms with Gasteiger partial charge in [-0.2, -0.15) is 0 Å². The monoisotopic (exact) mass is 486 g/mol. The van der Waals surface area contributed by atoms with Crippen molar-refractivity contribution in [3.63, 3.8) is 0 Å². The molecule has 33 heavy (non-hydrogen) atoms. The SMILES string of the molecule is CCCCCCP(CCCCCC)(CCCCCC)(CCCCCC)OC(=O)CCC(C)=O. The van der Waals surface area contributed by atoms with Gasteiger partial charge < -0.3 is 0 Å². The molecular formula is C29H59O3P. The molecule has 0 spiro atoms. The van der Waals surface area contributed by atoms with E-state index >= 15 is 0 Å².